The summed E-state index contributed by atoms with van der Waals surface area (Å²) in [6.45, 7) is 1.55. The second-order valence-electron chi connectivity index (χ2n) is 6.41. The average Bonchev–Trinajstić information content (AvgIpc) is 2.61. The number of para-hydroxylation sites is 2. The Morgan fingerprint density at radius 1 is 1.16 bits per heavy atom. The summed E-state index contributed by atoms with van der Waals surface area (Å²) in [6, 6.07) is 14.1. The molecule has 3 rings (SSSR count). The Hall–Kier alpha value is -2.40. The van der Waals surface area contributed by atoms with Crippen molar-refractivity contribution in [3.05, 3.63) is 59.9 Å². The molecule has 1 heterocycles. The lowest BCUT2D eigenvalue weighted by atomic mass is 10.1. The van der Waals surface area contributed by atoms with Crippen LogP contribution in [0.4, 0.5) is 15.8 Å². The van der Waals surface area contributed by atoms with Gasteiger partial charge in [0.05, 0.1) is 17.5 Å². The minimum atomic E-state index is -0.282. The van der Waals surface area contributed by atoms with Crippen LogP contribution in [-0.4, -0.2) is 30.2 Å². The van der Waals surface area contributed by atoms with Crippen LogP contribution in [0.15, 0.2) is 48.5 Å². The van der Waals surface area contributed by atoms with E-state index in [4.69, 9.17) is 0 Å². The van der Waals surface area contributed by atoms with Crippen LogP contribution < -0.4 is 10.2 Å². The highest BCUT2D eigenvalue weighted by Crippen LogP contribution is 2.28. The molecule has 0 unspecified atom stereocenters. The first kappa shape index (κ1) is 17.4. The fraction of sp³-hybridized carbons (Fsp3) is 0.350. The van der Waals surface area contributed by atoms with E-state index in [9.17, 15) is 14.3 Å². The number of aliphatic hydroxyl groups excluding tert-OH is 1. The maximum absolute atomic E-state index is 13.2. The number of halogens is 1. The number of piperidine rings is 1. The van der Waals surface area contributed by atoms with Crippen LogP contribution in [0.1, 0.15) is 24.8 Å². The van der Waals surface area contributed by atoms with Crippen molar-refractivity contribution in [1.82, 2.24) is 0 Å². The lowest BCUT2D eigenvalue weighted by Crippen LogP contribution is -2.36. The molecule has 0 spiro atoms. The van der Waals surface area contributed by atoms with E-state index < -0.39 is 0 Å². The highest BCUT2D eigenvalue weighted by molar-refractivity contribution is 5.94. The Bertz CT molecular complexity index is 727. The van der Waals surface area contributed by atoms with E-state index in [-0.39, 0.29) is 17.8 Å². The fourth-order valence-corrected chi connectivity index (χ4v) is 3.12. The summed E-state index contributed by atoms with van der Waals surface area (Å²) in [5, 5.41) is 12.6. The average molecular weight is 342 g/mol. The molecule has 0 aliphatic carbocycles. The lowest BCUT2D eigenvalue weighted by Gasteiger charge is -2.32. The summed E-state index contributed by atoms with van der Waals surface area (Å²) in [5.74, 6) is -0.371. The minimum absolute atomic E-state index is 0.0891. The molecule has 0 atom stereocenters. The van der Waals surface area contributed by atoms with Gasteiger partial charge in [-0.3, -0.25) is 4.79 Å². The highest BCUT2D eigenvalue weighted by Gasteiger charge is 2.19. The molecule has 0 radical (unpaired) electrons. The molecule has 25 heavy (non-hydrogen) atoms. The summed E-state index contributed by atoms with van der Waals surface area (Å²) in [4.78, 5) is 14.5. The third-order valence-electron chi connectivity index (χ3n) is 4.51. The van der Waals surface area contributed by atoms with E-state index in [2.05, 4.69) is 10.2 Å². The largest absolute Gasteiger partial charge is 0.393 e. The Labute approximate surface area is 147 Å². The summed E-state index contributed by atoms with van der Waals surface area (Å²) >= 11 is 0. The van der Waals surface area contributed by atoms with Gasteiger partial charge in [0.1, 0.15) is 5.82 Å². The second kappa shape index (κ2) is 8.12. The number of aliphatic hydroxyl groups is 1. The van der Waals surface area contributed by atoms with Crippen molar-refractivity contribution >= 4 is 17.3 Å². The second-order valence-corrected chi connectivity index (χ2v) is 6.41. The topological polar surface area (TPSA) is 52.6 Å². The first-order valence-corrected chi connectivity index (χ1v) is 8.68. The predicted octanol–water partition coefficient (Wildman–Crippen LogP) is 3.36. The normalized spacial score (nSPS) is 15.2. The molecule has 2 aromatic rings. The maximum atomic E-state index is 13.2. The number of carbonyl (C=O) groups is 1. The minimum Gasteiger partial charge on any atom is -0.393 e. The molecule has 132 valence electrons. The quantitative estimate of drug-likeness (QED) is 0.876. The number of nitrogens with zero attached hydrogens (tertiary/aromatic N) is 1. The Balaban J connectivity index is 1.61. The number of rotatable bonds is 5. The van der Waals surface area contributed by atoms with Gasteiger partial charge in [-0.15, -0.1) is 0 Å². The van der Waals surface area contributed by atoms with Crippen LogP contribution in [0.3, 0.4) is 0 Å². The summed E-state index contributed by atoms with van der Waals surface area (Å²) in [7, 11) is 0. The Morgan fingerprint density at radius 3 is 2.68 bits per heavy atom. The molecular weight excluding hydrogens is 319 g/mol. The molecule has 1 aliphatic rings. The highest BCUT2D eigenvalue weighted by atomic mass is 19.1. The molecule has 2 N–H and O–H groups in total. The number of carbonyl (C=O) groups excluding carboxylic acids is 1. The fourth-order valence-electron chi connectivity index (χ4n) is 3.12. The van der Waals surface area contributed by atoms with Gasteiger partial charge in [0.15, 0.2) is 0 Å². The van der Waals surface area contributed by atoms with Gasteiger partial charge in [0.2, 0.25) is 5.91 Å². The molecule has 2 aromatic carbocycles. The van der Waals surface area contributed by atoms with Crippen LogP contribution >= 0.6 is 0 Å². The van der Waals surface area contributed by atoms with Crippen LogP contribution in [0.25, 0.3) is 0 Å². The SMILES string of the molecule is O=C(CCc1cccc(F)c1)Nc1ccccc1N1CCC(O)CC1. The smallest absolute Gasteiger partial charge is 0.224 e. The van der Waals surface area contributed by atoms with Crippen molar-refractivity contribution < 1.29 is 14.3 Å². The van der Waals surface area contributed by atoms with Crippen LogP contribution in [0.2, 0.25) is 0 Å². The lowest BCUT2D eigenvalue weighted by molar-refractivity contribution is -0.116. The summed E-state index contributed by atoms with van der Waals surface area (Å²) in [5.41, 5.74) is 2.57. The number of hydrogen-bond donors (Lipinski definition) is 2. The van der Waals surface area contributed by atoms with E-state index in [0.717, 1.165) is 42.9 Å². The van der Waals surface area contributed by atoms with E-state index in [0.29, 0.717) is 12.8 Å². The maximum Gasteiger partial charge on any atom is 0.224 e. The van der Waals surface area contributed by atoms with E-state index in [1.807, 2.05) is 30.3 Å². The molecule has 1 fully saturated rings. The van der Waals surface area contributed by atoms with Crippen molar-refractivity contribution in [3.8, 4) is 0 Å². The molecule has 0 bridgehead atoms. The number of nitrogens with one attached hydrogen (secondary N) is 1. The molecule has 0 aromatic heterocycles. The first-order chi connectivity index (χ1) is 12.1. The number of anilines is 2. The molecule has 4 nitrogen and oxygen atoms in total. The van der Waals surface area contributed by atoms with Gasteiger partial charge in [-0.1, -0.05) is 24.3 Å². The number of benzene rings is 2. The molecule has 1 amide bonds. The van der Waals surface area contributed by atoms with Crippen LogP contribution in [0, 0.1) is 5.82 Å². The monoisotopic (exact) mass is 342 g/mol. The summed E-state index contributed by atoms with van der Waals surface area (Å²) in [6.07, 6.45) is 2.05. The standard InChI is InChI=1S/C20H23FN2O2/c21-16-5-3-4-15(14-16)8-9-20(25)22-18-6-1-2-7-19(18)23-12-10-17(24)11-13-23/h1-7,14,17,24H,8-13H2,(H,22,25). The van der Waals surface area contributed by atoms with Crippen molar-refractivity contribution in [1.29, 1.82) is 0 Å². The Kier molecular flexibility index (Phi) is 5.66. The number of hydrogen-bond acceptors (Lipinski definition) is 3. The van der Waals surface area contributed by atoms with Crippen molar-refractivity contribution in [2.24, 2.45) is 0 Å². The van der Waals surface area contributed by atoms with Gasteiger partial charge < -0.3 is 15.3 Å². The van der Waals surface area contributed by atoms with E-state index >= 15 is 0 Å². The van der Waals surface area contributed by atoms with Gasteiger partial charge in [-0.25, -0.2) is 4.39 Å². The van der Waals surface area contributed by atoms with Gasteiger partial charge in [-0.05, 0) is 49.1 Å². The molecule has 0 saturated carbocycles. The van der Waals surface area contributed by atoms with Crippen molar-refractivity contribution in [2.75, 3.05) is 23.3 Å². The van der Waals surface area contributed by atoms with Gasteiger partial charge >= 0.3 is 0 Å². The third-order valence-corrected chi connectivity index (χ3v) is 4.51. The molecule has 5 heteroatoms. The molecular formula is C20H23FN2O2. The molecule has 1 saturated heterocycles. The van der Waals surface area contributed by atoms with E-state index in [1.165, 1.54) is 12.1 Å². The van der Waals surface area contributed by atoms with Gasteiger partial charge in [0.25, 0.3) is 0 Å². The zero-order chi connectivity index (χ0) is 17.6. The Morgan fingerprint density at radius 2 is 1.92 bits per heavy atom. The third kappa shape index (κ3) is 4.79. The molecule has 1 aliphatic heterocycles. The van der Waals surface area contributed by atoms with Crippen LogP contribution in [-0.2, 0) is 11.2 Å². The van der Waals surface area contributed by atoms with Crippen LogP contribution in [0.5, 0.6) is 0 Å². The zero-order valence-corrected chi connectivity index (χ0v) is 14.1. The summed E-state index contributed by atoms with van der Waals surface area (Å²) < 4.78 is 13.2. The van der Waals surface area contributed by atoms with Gasteiger partial charge in [-0.2, -0.15) is 0 Å². The predicted molar refractivity (Wildman–Crippen MR) is 97.2 cm³/mol. The van der Waals surface area contributed by atoms with E-state index in [1.54, 1.807) is 6.07 Å². The van der Waals surface area contributed by atoms with Gasteiger partial charge in [0, 0.05) is 19.5 Å². The first-order valence-electron chi connectivity index (χ1n) is 8.68. The van der Waals surface area contributed by atoms with Crippen molar-refractivity contribution in [3.63, 3.8) is 0 Å². The number of amides is 1. The zero-order valence-electron chi connectivity index (χ0n) is 14.1. The number of aryl methyl sites for hydroxylation is 1. The van der Waals surface area contributed by atoms with Crippen molar-refractivity contribution in [2.45, 2.75) is 31.8 Å².